The molecule has 0 bridgehead atoms. The molecule has 0 atom stereocenters. The predicted octanol–water partition coefficient (Wildman–Crippen LogP) is 2.43. The van der Waals surface area contributed by atoms with Gasteiger partial charge in [-0.25, -0.2) is 0 Å². The van der Waals surface area contributed by atoms with Crippen LogP contribution in [0.3, 0.4) is 0 Å². The Hall–Kier alpha value is -2.17. The van der Waals surface area contributed by atoms with Crippen molar-refractivity contribution >= 4 is 12.0 Å². The zero-order chi connectivity index (χ0) is 14.8. The van der Waals surface area contributed by atoms with Gasteiger partial charge in [0.25, 0.3) is 5.82 Å². The van der Waals surface area contributed by atoms with Crippen molar-refractivity contribution in [2.24, 2.45) is 5.41 Å². The Labute approximate surface area is 119 Å². The van der Waals surface area contributed by atoms with Gasteiger partial charge in [0.2, 0.25) is 0 Å². The number of benzene rings is 1. The molecule has 1 N–H and O–H groups in total. The van der Waals surface area contributed by atoms with Crippen molar-refractivity contribution in [1.29, 1.82) is 0 Å². The van der Waals surface area contributed by atoms with Crippen LogP contribution in [0.1, 0.15) is 32.2 Å². The first-order valence-electron chi connectivity index (χ1n) is 6.65. The molecule has 0 radical (unpaired) electrons. The second-order valence-corrected chi connectivity index (χ2v) is 6.07. The third-order valence-electron chi connectivity index (χ3n) is 2.89. The lowest BCUT2D eigenvalue weighted by Crippen LogP contribution is -2.44. The van der Waals surface area contributed by atoms with E-state index in [1.165, 1.54) is 0 Å². The van der Waals surface area contributed by atoms with Crippen LogP contribution in [0.4, 0.5) is 0 Å². The predicted molar refractivity (Wildman–Crippen MR) is 77.6 cm³/mol. The summed E-state index contributed by atoms with van der Waals surface area (Å²) in [5, 5.41) is 18.3. The van der Waals surface area contributed by atoms with Crippen molar-refractivity contribution in [2.75, 3.05) is 0 Å². The number of hydrogen-bond donors (Lipinski definition) is 1. The van der Waals surface area contributed by atoms with Gasteiger partial charge in [-0.15, -0.1) is 4.68 Å². The van der Waals surface area contributed by atoms with Crippen LogP contribution in [0.2, 0.25) is 0 Å². The van der Waals surface area contributed by atoms with E-state index in [2.05, 4.69) is 31.2 Å². The van der Waals surface area contributed by atoms with E-state index < -0.39 is 0 Å². The van der Waals surface area contributed by atoms with Gasteiger partial charge in [-0.3, -0.25) is 0 Å². The van der Waals surface area contributed by atoms with Gasteiger partial charge >= 0.3 is 0 Å². The third kappa shape index (κ3) is 3.44. The molecule has 106 valence electrons. The van der Waals surface area contributed by atoms with Gasteiger partial charge in [-0.05, 0) is 5.41 Å². The van der Waals surface area contributed by atoms with Crippen LogP contribution in [0.25, 0.3) is 12.0 Å². The Kier molecular flexibility index (Phi) is 3.88. The zero-order valence-corrected chi connectivity index (χ0v) is 12.4. The van der Waals surface area contributed by atoms with E-state index in [9.17, 15) is 5.11 Å². The van der Waals surface area contributed by atoms with Crippen molar-refractivity contribution in [2.45, 2.75) is 34.2 Å². The smallest absolute Gasteiger partial charge is 0.259 e. The Morgan fingerprint density at radius 1 is 1.30 bits per heavy atom. The quantitative estimate of drug-likeness (QED) is 0.690. The summed E-state index contributed by atoms with van der Waals surface area (Å²) in [6.45, 7) is 9.15. The lowest BCUT2D eigenvalue weighted by molar-refractivity contribution is -0.769. The summed E-state index contributed by atoms with van der Waals surface area (Å²) in [5.41, 5.74) is 0.881. The molecular weight excluding hydrogens is 252 g/mol. The summed E-state index contributed by atoms with van der Waals surface area (Å²) in [6, 6.07) is 9.37. The summed E-state index contributed by atoms with van der Waals surface area (Å²) >= 11 is 0. The first-order valence-corrected chi connectivity index (χ1v) is 6.65. The van der Waals surface area contributed by atoms with Crippen LogP contribution in [0, 0.1) is 12.3 Å². The maximum Gasteiger partial charge on any atom is 0.259 e. The van der Waals surface area contributed by atoms with E-state index in [4.69, 9.17) is 0 Å². The summed E-state index contributed by atoms with van der Waals surface area (Å²) < 4.78 is 3.43. The molecule has 0 aliphatic rings. The van der Waals surface area contributed by atoms with Crippen molar-refractivity contribution in [1.82, 2.24) is 15.1 Å². The molecule has 1 aromatic carbocycles. The molecule has 0 saturated heterocycles. The highest BCUT2D eigenvalue weighted by Crippen LogP contribution is 2.13. The van der Waals surface area contributed by atoms with Gasteiger partial charge in [0.1, 0.15) is 5.21 Å². The van der Waals surface area contributed by atoms with Crippen molar-refractivity contribution in [3.8, 4) is 0 Å². The van der Waals surface area contributed by atoms with Crippen molar-refractivity contribution in [3.05, 3.63) is 41.7 Å². The summed E-state index contributed by atoms with van der Waals surface area (Å²) in [7, 11) is 0. The lowest BCUT2D eigenvalue weighted by Gasteiger charge is -2.14. The van der Waals surface area contributed by atoms with Crippen molar-refractivity contribution in [3.63, 3.8) is 0 Å². The van der Waals surface area contributed by atoms with Crippen LogP contribution in [-0.4, -0.2) is 20.2 Å². The Morgan fingerprint density at radius 3 is 2.55 bits per heavy atom. The summed E-state index contributed by atoms with van der Waals surface area (Å²) in [4.78, 5) is 0. The number of rotatable bonds is 3. The number of hydrogen-bond acceptors (Lipinski definition) is 3. The van der Waals surface area contributed by atoms with Crippen molar-refractivity contribution < 1.29 is 9.79 Å². The second kappa shape index (κ2) is 5.45. The van der Waals surface area contributed by atoms with Gasteiger partial charge in [-0.1, -0.05) is 55.8 Å². The zero-order valence-electron chi connectivity index (χ0n) is 12.4. The van der Waals surface area contributed by atoms with E-state index >= 15 is 0 Å². The average molecular weight is 273 g/mol. The SMILES string of the molecule is Cc1n(/C=C(\O)c2ccccc2)nn[n+]1CC(C)(C)C. The fourth-order valence-electron chi connectivity index (χ4n) is 1.85. The largest absolute Gasteiger partial charge is 0.504 e. The molecule has 5 nitrogen and oxygen atoms in total. The molecule has 20 heavy (non-hydrogen) atoms. The normalized spacial score (nSPS) is 12.7. The fraction of sp³-hybridized carbons (Fsp3) is 0.400. The van der Waals surface area contributed by atoms with Gasteiger partial charge in [0.05, 0.1) is 6.54 Å². The van der Waals surface area contributed by atoms with Gasteiger partial charge in [0, 0.05) is 12.5 Å². The minimum Gasteiger partial charge on any atom is -0.504 e. The van der Waals surface area contributed by atoms with Crippen LogP contribution in [0.5, 0.6) is 0 Å². The van der Waals surface area contributed by atoms with E-state index in [-0.39, 0.29) is 11.2 Å². The molecule has 1 aromatic heterocycles. The summed E-state index contributed by atoms with van der Waals surface area (Å²) in [6.07, 6.45) is 1.58. The minimum absolute atomic E-state index is 0.126. The van der Waals surface area contributed by atoms with Gasteiger partial charge in [-0.2, -0.15) is 0 Å². The molecule has 0 aliphatic carbocycles. The average Bonchev–Trinajstić information content (AvgIpc) is 2.71. The Morgan fingerprint density at radius 2 is 1.95 bits per heavy atom. The van der Waals surface area contributed by atoms with E-state index in [0.717, 1.165) is 17.9 Å². The number of tetrazole rings is 1. The van der Waals surface area contributed by atoms with Crippen LogP contribution < -0.4 is 4.68 Å². The fourth-order valence-corrected chi connectivity index (χ4v) is 1.85. The maximum absolute atomic E-state index is 10.1. The molecule has 2 rings (SSSR count). The highest BCUT2D eigenvalue weighted by Gasteiger charge is 2.21. The third-order valence-corrected chi connectivity index (χ3v) is 2.89. The number of nitrogens with zero attached hydrogens (tertiary/aromatic N) is 4. The van der Waals surface area contributed by atoms with Gasteiger partial charge in [0.15, 0.2) is 17.2 Å². The molecular formula is C15H21N4O+. The number of aliphatic hydroxyl groups is 1. The topological polar surface area (TPSA) is 54.8 Å². The first-order chi connectivity index (χ1) is 9.37. The van der Waals surface area contributed by atoms with E-state index in [0.29, 0.717) is 0 Å². The van der Waals surface area contributed by atoms with Gasteiger partial charge < -0.3 is 5.11 Å². The molecule has 0 amide bonds. The lowest BCUT2D eigenvalue weighted by atomic mass is 9.97. The molecule has 1 heterocycles. The number of aliphatic hydroxyl groups excluding tert-OH is 1. The molecule has 0 spiro atoms. The highest BCUT2D eigenvalue weighted by molar-refractivity contribution is 5.68. The van der Waals surface area contributed by atoms with Crippen LogP contribution in [0.15, 0.2) is 30.3 Å². The molecule has 5 heteroatoms. The maximum atomic E-state index is 10.1. The molecule has 0 fully saturated rings. The Balaban J connectivity index is 2.27. The van der Waals surface area contributed by atoms with E-state index in [1.54, 1.807) is 10.9 Å². The standard InChI is InChI=1S/C15H20N4O/c1-12-18(16-17-19(12)11-15(2,3)4)10-14(20)13-8-6-5-7-9-13/h5-10H,11H2,1-4H3/p+1/b14-10-. The Bertz CT molecular complexity index is 609. The van der Waals surface area contributed by atoms with Crippen LogP contribution >= 0.6 is 0 Å². The molecule has 0 aliphatic heterocycles. The highest BCUT2D eigenvalue weighted by atomic mass is 16.3. The molecule has 0 saturated carbocycles. The monoisotopic (exact) mass is 273 g/mol. The number of aromatic nitrogens is 4. The van der Waals surface area contributed by atoms with E-state index in [1.807, 2.05) is 41.9 Å². The summed E-state index contributed by atoms with van der Waals surface area (Å²) in [5.74, 6) is 1.05. The van der Waals surface area contributed by atoms with Crippen LogP contribution in [-0.2, 0) is 6.54 Å². The second-order valence-electron chi connectivity index (χ2n) is 6.07. The molecule has 2 aromatic rings. The molecule has 0 unspecified atom stereocenters. The minimum atomic E-state index is 0.126. The first kappa shape index (κ1) is 14.2.